The van der Waals surface area contributed by atoms with E-state index in [0.29, 0.717) is 11.4 Å². The number of nitro groups is 1. The van der Waals surface area contributed by atoms with Crippen molar-refractivity contribution in [2.45, 2.75) is 0 Å². The smallest absolute Gasteiger partial charge is 0.275 e. The maximum atomic E-state index is 10.4. The van der Waals surface area contributed by atoms with Crippen molar-refractivity contribution in [2.24, 2.45) is 5.84 Å². The van der Waals surface area contributed by atoms with Crippen LogP contribution in [0, 0.1) is 10.1 Å². The van der Waals surface area contributed by atoms with Gasteiger partial charge in [0.15, 0.2) is 0 Å². The molecular formula is C7H10ClN3O3. The van der Waals surface area contributed by atoms with Crippen molar-refractivity contribution in [3.63, 3.8) is 0 Å². The van der Waals surface area contributed by atoms with Gasteiger partial charge in [0.2, 0.25) is 0 Å². The van der Waals surface area contributed by atoms with Crippen LogP contribution in [-0.4, -0.2) is 12.0 Å². The molecule has 0 aliphatic heterocycles. The first-order valence-corrected chi connectivity index (χ1v) is 3.47. The summed E-state index contributed by atoms with van der Waals surface area (Å²) in [6.45, 7) is 0. The lowest BCUT2D eigenvalue weighted by Gasteiger charge is -2.03. The van der Waals surface area contributed by atoms with Gasteiger partial charge in [-0.25, -0.2) is 0 Å². The van der Waals surface area contributed by atoms with Crippen LogP contribution in [0.2, 0.25) is 0 Å². The first-order valence-electron chi connectivity index (χ1n) is 3.47. The topological polar surface area (TPSA) is 90.4 Å². The van der Waals surface area contributed by atoms with Crippen LogP contribution >= 0.6 is 12.4 Å². The van der Waals surface area contributed by atoms with E-state index in [1.807, 2.05) is 0 Å². The Labute approximate surface area is 86.6 Å². The molecule has 78 valence electrons. The average molecular weight is 220 g/mol. The normalized spacial score (nSPS) is 8.71. The van der Waals surface area contributed by atoms with Crippen LogP contribution < -0.4 is 16.0 Å². The second kappa shape index (κ2) is 5.25. The van der Waals surface area contributed by atoms with Gasteiger partial charge < -0.3 is 10.2 Å². The molecule has 0 unspecified atom stereocenters. The van der Waals surface area contributed by atoms with E-state index in [9.17, 15) is 10.1 Å². The van der Waals surface area contributed by atoms with Crippen LogP contribution in [0.15, 0.2) is 18.2 Å². The van der Waals surface area contributed by atoms with Crippen molar-refractivity contribution >= 4 is 23.8 Å². The number of benzene rings is 1. The molecule has 0 saturated carbocycles. The Morgan fingerprint density at radius 1 is 1.50 bits per heavy atom. The lowest BCUT2D eigenvalue weighted by molar-refractivity contribution is -0.384. The highest BCUT2D eigenvalue weighted by molar-refractivity contribution is 5.85. The van der Waals surface area contributed by atoms with Crippen LogP contribution in [0.1, 0.15) is 0 Å². The third-order valence-corrected chi connectivity index (χ3v) is 1.50. The second-order valence-corrected chi connectivity index (χ2v) is 2.32. The van der Waals surface area contributed by atoms with Gasteiger partial charge >= 0.3 is 0 Å². The molecule has 1 aromatic rings. The van der Waals surface area contributed by atoms with Crippen molar-refractivity contribution in [1.29, 1.82) is 0 Å². The van der Waals surface area contributed by atoms with E-state index in [4.69, 9.17) is 10.6 Å². The number of halogens is 1. The van der Waals surface area contributed by atoms with Gasteiger partial charge in [-0.3, -0.25) is 16.0 Å². The third kappa shape index (κ3) is 2.75. The van der Waals surface area contributed by atoms with E-state index in [2.05, 4.69) is 5.43 Å². The molecule has 0 aliphatic rings. The summed E-state index contributed by atoms with van der Waals surface area (Å²) < 4.78 is 4.85. The zero-order chi connectivity index (χ0) is 9.84. The number of hydrogen-bond donors (Lipinski definition) is 2. The number of nitrogens with one attached hydrogen (secondary N) is 1. The molecule has 0 aromatic heterocycles. The summed E-state index contributed by atoms with van der Waals surface area (Å²) in [5, 5.41) is 10.4. The number of rotatable bonds is 3. The van der Waals surface area contributed by atoms with E-state index in [0.717, 1.165) is 0 Å². The van der Waals surface area contributed by atoms with Gasteiger partial charge in [-0.15, -0.1) is 12.4 Å². The van der Waals surface area contributed by atoms with Gasteiger partial charge in [0, 0.05) is 12.1 Å². The molecule has 14 heavy (non-hydrogen) atoms. The molecule has 0 radical (unpaired) electrons. The van der Waals surface area contributed by atoms with Gasteiger partial charge in [-0.05, 0) is 0 Å². The molecule has 1 aromatic carbocycles. The predicted molar refractivity (Wildman–Crippen MR) is 54.7 cm³/mol. The molecular weight excluding hydrogens is 210 g/mol. The Kier molecular flexibility index (Phi) is 4.68. The molecule has 0 bridgehead atoms. The Morgan fingerprint density at radius 2 is 2.14 bits per heavy atom. The summed E-state index contributed by atoms with van der Waals surface area (Å²) in [6, 6.07) is 4.20. The molecule has 0 amide bonds. The molecule has 0 heterocycles. The molecule has 0 spiro atoms. The maximum Gasteiger partial charge on any atom is 0.275 e. The third-order valence-electron chi connectivity index (χ3n) is 1.50. The highest BCUT2D eigenvalue weighted by Crippen LogP contribution is 2.24. The predicted octanol–water partition coefficient (Wildman–Crippen LogP) is 1.31. The number of hydrazine groups is 1. The van der Waals surface area contributed by atoms with Crippen LogP contribution in [0.5, 0.6) is 5.75 Å². The molecule has 3 N–H and O–H groups in total. The highest BCUT2D eigenvalue weighted by atomic mass is 35.5. The van der Waals surface area contributed by atoms with Crippen molar-refractivity contribution < 1.29 is 9.66 Å². The van der Waals surface area contributed by atoms with E-state index < -0.39 is 4.92 Å². The minimum atomic E-state index is -0.511. The highest BCUT2D eigenvalue weighted by Gasteiger charge is 2.08. The summed E-state index contributed by atoms with van der Waals surface area (Å²) >= 11 is 0. The summed E-state index contributed by atoms with van der Waals surface area (Å²) in [7, 11) is 1.43. The van der Waals surface area contributed by atoms with Crippen LogP contribution in [0.4, 0.5) is 11.4 Å². The first kappa shape index (κ1) is 12.5. The Balaban J connectivity index is 0.00000169. The van der Waals surface area contributed by atoms with Crippen LogP contribution in [0.25, 0.3) is 0 Å². The molecule has 0 aliphatic carbocycles. The number of hydrogen-bond acceptors (Lipinski definition) is 5. The lowest BCUT2D eigenvalue weighted by Crippen LogP contribution is -2.07. The van der Waals surface area contributed by atoms with Gasteiger partial charge in [-0.1, -0.05) is 0 Å². The molecule has 0 fully saturated rings. The molecule has 1 rings (SSSR count). The zero-order valence-electron chi connectivity index (χ0n) is 7.39. The summed E-state index contributed by atoms with van der Waals surface area (Å²) in [4.78, 5) is 9.91. The van der Waals surface area contributed by atoms with Crippen LogP contribution in [-0.2, 0) is 0 Å². The SMILES string of the molecule is COc1cc(NN)cc([N+](=O)[O-])c1.Cl. The minimum absolute atomic E-state index is 0. The van der Waals surface area contributed by atoms with Crippen molar-refractivity contribution in [3.8, 4) is 5.75 Å². The van der Waals surface area contributed by atoms with Gasteiger partial charge in [0.05, 0.1) is 23.8 Å². The first-order chi connectivity index (χ1) is 6.17. The molecule has 0 atom stereocenters. The number of nitro benzene ring substituents is 1. The van der Waals surface area contributed by atoms with Crippen molar-refractivity contribution in [2.75, 3.05) is 12.5 Å². The number of non-ortho nitro benzene ring substituents is 1. The quantitative estimate of drug-likeness (QED) is 0.454. The Morgan fingerprint density at radius 3 is 2.57 bits per heavy atom. The maximum absolute atomic E-state index is 10.4. The number of anilines is 1. The Bertz CT molecular complexity index is 310. The van der Waals surface area contributed by atoms with Crippen molar-refractivity contribution in [1.82, 2.24) is 0 Å². The van der Waals surface area contributed by atoms with Crippen molar-refractivity contribution in [3.05, 3.63) is 28.3 Å². The number of ether oxygens (including phenoxy) is 1. The Hall–Kier alpha value is -1.53. The molecule has 0 saturated heterocycles. The van der Waals surface area contributed by atoms with Gasteiger partial charge in [0.1, 0.15) is 5.75 Å². The number of methoxy groups -OCH3 is 1. The zero-order valence-corrected chi connectivity index (χ0v) is 8.21. The van der Waals surface area contributed by atoms with Gasteiger partial charge in [-0.2, -0.15) is 0 Å². The number of nitrogens with zero attached hydrogens (tertiary/aromatic N) is 1. The monoisotopic (exact) mass is 219 g/mol. The molecule has 6 nitrogen and oxygen atoms in total. The molecule has 7 heteroatoms. The lowest BCUT2D eigenvalue weighted by atomic mass is 10.2. The standard InChI is InChI=1S/C7H9N3O3.ClH/c1-13-7-3-5(9-8)2-6(4-7)10(11)12;/h2-4,9H,8H2,1H3;1H. The second-order valence-electron chi connectivity index (χ2n) is 2.32. The van der Waals surface area contributed by atoms with E-state index >= 15 is 0 Å². The number of nitrogen functional groups attached to an aromatic ring is 1. The average Bonchev–Trinajstić information content (AvgIpc) is 2.16. The van der Waals surface area contributed by atoms with Gasteiger partial charge in [0.25, 0.3) is 5.69 Å². The fourth-order valence-corrected chi connectivity index (χ4v) is 0.890. The van der Waals surface area contributed by atoms with E-state index in [1.54, 1.807) is 6.07 Å². The summed E-state index contributed by atoms with van der Waals surface area (Å²) in [6.07, 6.45) is 0. The summed E-state index contributed by atoms with van der Waals surface area (Å²) in [5.74, 6) is 5.51. The largest absolute Gasteiger partial charge is 0.496 e. The van der Waals surface area contributed by atoms with Crippen LogP contribution in [0.3, 0.4) is 0 Å². The number of nitrogens with two attached hydrogens (primary N) is 1. The minimum Gasteiger partial charge on any atom is -0.496 e. The summed E-state index contributed by atoms with van der Waals surface area (Å²) in [5.41, 5.74) is 2.69. The fraction of sp³-hybridized carbons (Fsp3) is 0.143. The van der Waals surface area contributed by atoms with E-state index in [-0.39, 0.29) is 18.1 Å². The van der Waals surface area contributed by atoms with E-state index in [1.165, 1.54) is 19.2 Å². The fourth-order valence-electron chi connectivity index (χ4n) is 0.890.